The summed E-state index contributed by atoms with van der Waals surface area (Å²) in [5.41, 5.74) is 0. The van der Waals surface area contributed by atoms with Gasteiger partial charge in [-0.05, 0) is 19.3 Å². The van der Waals surface area contributed by atoms with Crippen molar-refractivity contribution in [2.75, 3.05) is 19.8 Å². The van der Waals surface area contributed by atoms with Crippen LogP contribution in [0.4, 0.5) is 0 Å². The number of unbranched alkanes of at least 4 members (excludes halogenated alkanes) is 8. The van der Waals surface area contributed by atoms with Crippen molar-refractivity contribution in [1.82, 2.24) is 9.80 Å². The van der Waals surface area contributed by atoms with E-state index in [4.69, 9.17) is 0 Å². The van der Waals surface area contributed by atoms with E-state index in [1.807, 2.05) is 9.80 Å². The molecule has 1 rings (SSSR count). The van der Waals surface area contributed by atoms with Crippen LogP contribution in [0.1, 0.15) is 97.3 Å². The number of nitrogens with zero attached hydrogens (tertiary/aromatic N) is 2. The maximum atomic E-state index is 12.3. The van der Waals surface area contributed by atoms with E-state index in [0.29, 0.717) is 19.5 Å². The Kier molecular flexibility index (Phi) is 11.6. The first-order chi connectivity index (χ1) is 11.7. The molecule has 0 radical (unpaired) electrons. The molecular formula is C20H38N2O2. The Morgan fingerprint density at radius 1 is 0.667 bits per heavy atom. The molecule has 0 saturated carbocycles. The molecule has 1 heterocycles. The number of hydrogen-bond donors (Lipinski definition) is 0. The number of amides is 2. The van der Waals surface area contributed by atoms with Gasteiger partial charge in [0.05, 0.1) is 6.67 Å². The molecule has 1 aliphatic heterocycles. The topological polar surface area (TPSA) is 40.6 Å². The van der Waals surface area contributed by atoms with E-state index in [2.05, 4.69) is 13.8 Å². The summed E-state index contributed by atoms with van der Waals surface area (Å²) in [5.74, 6) is 0.457. The smallest absolute Gasteiger partial charge is 0.223 e. The Labute approximate surface area is 149 Å². The van der Waals surface area contributed by atoms with E-state index >= 15 is 0 Å². The van der Waals surface area contributed by atoms with Crippen LogP contribution in [0.5, 0.6) is 0 Å². The highest BCUT2D eigenvalue weighted by Crippen LogP contribution is 2.13. The van der Waals surface area contributed by atoms with Crippen LogP contribution in [0.25, 0.3) is 0 Å². The molecule has 1 saturated heterocycles. The number of carbonyl (C=O) groups is 2. The van der Waals surface area contributed by atoms with Gasteiger partial charge in [-0.15, -0.1) is 0 Å². The first-order valence-electron chi connectivity index (χ1n) is 10.2. The van der Waals surface area contributed by atoms with Crippen molar-refractivity contribution in [2.24, 2.45) is 0 Å². The number of rotatable bonds is 12. The quantitative estimate of drug-likeness (QED) is 0.483. The van der Waals surface area contributed by atoms with Gasteiger partial charge < -0.3 is 9.80 Å². The molecule has 140 valence electrons. The van der Waals surface area contributed by atoms with Crippen molar-refractivity contribution in [3.05, 3.63) is 0 Å². The molecule has 0 unspecified atom stereocenters. The number of hydrogen-bond acceptors (Lipinski definition) is 2. The van der Waals surface area contributed by atoms with Crippen molar-refractivity contribution in [3.63, 3.8) is 0 Å². The molecule has 0 aromatic heterocycles. The zero-order chi connectivity index (χ0) is 17.6. The fourth-order valence-electron chi connectivity index (χ4n) is 3.28. The van der Waals surface area contributed by atoms with E-state index < -0.39 is 0 Å². The van der Waals surface area contributed by atoms with E-state index in [1.165, 1.54) is 38.5 Å². The van der Waals surface area contributed by atoms with Crippen LogP contribution in [-0.4, -0.2) is 41.4 Å². The highest BCUT2D eigenvalue weighted by atomic mass is 16.2. The Morgan fingerprint density at radius 3 is 1.50 bits per heavy atom. The first kappa shape index (κ1) is 21.0. The maximum Gasteiger partial charge on any atom is 0.223 e. The van der Waals surface area contributed by atoms with E-state index in [9.17, 15) is 9.59 Å². The molecule has 0 aliphatic carbocycles. The van der Waals surface area contributed by atoms with Crippen molar-refractivity contribution in [1.29, 1.82) is 0 Å². The molecule has 24 heavy (non-hydrogen) atoms. The van der Waals surface area contributed by atoms with E-state index in [-0.39, 0.29) is 11.8 Å². The summed E-state index contributed by atoms with van der Waals surface area (Å²) >= 11 is 0. The lowest BCUT2D eigenvalue weighted by Crippen LogP contribution is -2.49. The second-order valence-corrected chi connectivity index (χ2v) is 7.14. The van der Waals surface area contributed by atoms with Crippen LogP contribution < -0.4 is 0 Å². The predicted octanol–water partition coefficient (Wildman–Crippen LogP) is 4.73. The van der Waals surface area contributed by atoms with Crippen molar-refractivity contribution >= 4 is 11.8 Å². The van der Waals surface area contributed by atoms with Crippen molar-refractivity contribution in [3.8, 4) is 0 Å². The van der Waals surface area contributed by atoms with Gasteiger partial charge in [-0.3, -0.25) is 9.59 Å². The Hall–Kier alpha value is -1.06. The van der Waals surface area contributed by atoms with Gasteiger partial charge in [0, 0.05) is 25.9 Å². The summed E-state index contributed by atoms with van der Waals surface area (Å²) in [4.78, 5) is 28.4. The summed E-state index contributed by atoms with van der Waals surface area (Å²) in [5, 5.41) is 0. The van der Waals surface area contributed by atoms with Gasteiger partial charge >= 0.3 is 0 Å². The predicted molar refractivity (Wildman–Crippen MR) is 99.7 cm³/mol. The molecule has 4 nitrogen and oxygen atoms in total. The fraction of sp³-hybridized carbons (Fsp3) is 0.900. The van der Waals surface area contributed by atoms with Gasteiger partial charge in [0.1, 0.15) is 0 Å². The molecule has 0 spiro atoms. The van der Waals surface area contributed by atoms with Gasteiger partial charge in [0.25, 0.3) is 0 Å². The lowest BCUT2D eigenvalue weighted by atomic mass is 10.1. The zero-order valence-electron chi connectivity index (χ0n) is 16.0. The molecular weight excluding hydrogens is 300 g/mol. The van der Waals surface area contributed by atoms with Gasteiger partial charge in [0.2, 0.25) is 11.8 Å². The highest BCUT2D eigenvalue weighted by molar-refractivity contribution is 5.79. The van der Waals surface area contributed by atoms with Crippen LogP contribution in [0.15, 0.2) is 0 Å². The van der Waals surface area contributed by atoms with Gasteiger partial charge in [-0.1, -0.05) is 65.2 Å². The van der Waals surface area contributed by atoms with E-state index in [0.717, 1.165) is 45.2 Å². The van der Waals surface area contributed by atoms with Crippen LogP contribution >= 0.6 is 0 Å². The lowest BCUT2D eigenvalue weighted by Gasteiger charge is -2.35. The van der Waals surface area contributed by atoms with Crippen molar-refractivity contribution < 1.29 is 9.59 Å². The summed E-state index contributed by atoms with van der Waals surface area (Å²) in [6.45, 7) is 6.55. The Bertz CT molecular complexity index is 326. The van der Waals surface area contributed by atoms with E-state index in [1.54, 1.807) is 0 Å². The summed E-state index contributed by atoms with van der Waals surface area (Å²) in [6.07, 6.45) is 13.9. The Morgan fingerprint density at radius 2 is 1.08 bits per heavy atom. The molecule has 1 fully saturated rings. The lowest BCUT2D eigenvalue weighted by molar-refractivity contribution is -0.142. The molecule has 0 N–H and O–H groups in total. The largest absolute Gasteiger partial charge is 0.325 e. The van der Waals surface area contributed by atoms with Gasteiger partial charge in [0.15, 0.2) is 0 Å². The minimum absolute atomic E-state index is 0.229. The molecule has 0 atom stereocenters. The van der Waals surface area contributed by atoms with Crippen molar-refractivity contribution in [2.45, 2.75) is 97.3 Å². The van der Waals surface area contributed by atoms with Crippen LogP contribution in [0, 0.1) is 0 Å². The van der Waals surface area contributed by atoms with Gasteiger partial charge in [-0.25, -0.2) is 0 Å². The third-order valence-corrected chi connectivity index (χ3v) is 4.89. The average Bonchev–Trinajstić information content (AvgIpc) is 2.61. The molecule has 0 bridgehead atoms. The minimum atomic E-state index is 0.229. The van der Waals surface area contributed by atoms with Crippen LogP contribution in [-0.2, 0) is 9.59 Å². The third-order valence-electron chi connectivity index (χ3n) is 4.89. The molecule has 0 aromatic rings. The molecule has 0 aromatic carbocycles. The first-order valence-corrected chi connectivity index (χ1v) is 10.2. The SMILES string of the molecule is CCCCCCCC(=O)N1CCCN(C(=O)CCCCCCC)C1. The number of carbonyl (C=O) groups excluding carboxylic acids is 2. The summed E-state index contributed by atoms with van der Waals surface area (Å²) in [7, 11) is 0. The second-order valence-electron chi connectivity index (χ2n) is 7.14. The molecule has 2 amide bonds. The zero-order valence-corrected chi connectivity index (χ0v) is 16.0. The summed E-state index contributed by atoms with van der Waals surface area (Å²) in [6, 6.07) is 0. The normalized spacial score (nSPS) is 14.9. The third kappa shape index (κ3) is 8.70. The van der Waals surface area contributed by atoms with Crippen LogP contribution in [0.3, 0.4) is 0 Å². The standard InChI is InChI=1S/C20H38N2O2/c1-3-5-7-9-11-14-19(23)21-16-13-17-22(18-21)20(24)15-12-10-8-6-4-2/h3-18H2,1-2H3. The monoisotopic (exact) mass is 338 g/mol. The Balaban J connectivity index is 2.22. The van der Waals surface area contributed by atoms with Gasteiger partial charge in [-0.2, -0.15) is 0 Å². The van der Waals surface area contributed by atoms with Crippen LogP contribution in [0.2, 0.25) is 0 Å². The average molecular weight is 339 g/mol. The second kappa shape index (κ2) is 13.3. The minimum Gasteiger partial charge on any atom is -0.325 e. The maximum absolute atomic E-state index is 12.3. The fourth-order valence-corrected chi connectivity index (χ4v) is 3.28. The highest BCUT2D eigenvalue weighted by Gasteiger charge is 2.24. The molecule has 4 heteroatoms. The molecule has 1 aliphatic rings. The summed E-state index contributed by atoms with van der Waals surface area (Å²) < 4.78 is 0.